The molecule has 1 saturated heterocycles. The number of aliphatic hydroxyl groups excluding tert-OH is 1. The Kier molecular flexibility index (Phi) is 4.19. The third-order valence-electron chi connectivity index (χ3n) is 4.60. The molecule has 2 aliphatic rings. The average molecular weight is 299 g/mol. The molecular weight excluding hydrogens is 274 g/mol. The van der Waals surface area contributed by atoms with E-state index in [4.69, 9.17) is 4.74 Å². The van der Waals surface area contributed by atoms with Gasteiger partial charge in [-0.3, -0.25) is 4.79 Å². The summed E-state index contributed by atoms with van der Waals surface area (Å²) in [5.74, 6) is -1.34. The van der Waals surface area contributed by atoms with E-state index >= 15 is 0 Å². The van der Waals surface area contributed by atoms with E-state index in [1.54, 1.807) is 4.90 Å². The van der Waals surface area contributed by atoms with Crippen molar-refractivity contribution in [1.29, 1.82) is 0 Å². The monoisotopic (exact) mass is 299 g/mol. The first kappa shape index (κ1) is 16.1. The molecule has 1 amide bonds. The second-order valence-electron chi connectivity index (χ2n) is 7.31. The number of aliphatic hydroxyl groups is 1. The van der Waals surface area contributed by atoms with Crippen LogP contribution < -0.4 is 0 Å². The van der Waals surface area contributed by atoms with Crippen LogP contribution in [0.1, 0.15) is 46.5 Å². The van der Waals surface area contributed by atoms with Gasteiger partial charge in [0, 0.05) is 13.1 Å². The predicted molar refractivity (Wildman–Crippen MR) is 75.8 cm³/mol. The number of aliphatic carboxylic acids is 1. The van der Waals surface area contributed by atoms with E-state index in [0.29, 0.717) is 38.8 Å². The number of carboxylic acid groups (broad SMARTS) is 1. The van der Waals surface area contributed by atoms with Crippen LogP contribution in [0.5, 0.6) is 0 Å². The third kappa shape index (κ3) is 3.48. The minimum absolute atomic E-state index is 0.321. The molecule has 1 heterocycles. The van der Waals surface area contributed by atoms with Gasteiger partial charge in [-0.2, -0.15) is 0 Å². The van der Waals surface area contributed by atoms with E-state index < -0.39 is 23.6 Å². The summed E-state index contributed by atoms with van der Waals surface area (Å²) < 4.78 is 5.34. The molecule has 1 spiro atoms. The van der Waals surface area contributed by atoms with Crippen LogP contribution in [0.25, 0.3) is 0 Å². The summed E-state index contributed by atoms with van der Waals surface area (Å²) in [5.41, 5.74) is -0.900. The molecule has 1 aliphatic heterocycles. The van der Waals surface area contributed by atoms with Crippen LogP contribution in [0.2, 0.25) is 0 Å². The smallest absolute Gasteiger partial charge is 0.410 e. The fourth-order valence-electron chi connectivity index (χ4n) is 3.59. The van der Waals surface area contributed by atoms with Crippen LogP contribution in [0, 0.1) is 11.3 Å². The van der Waals surface area contributed by atoms with Crippen LogP contribution in [0.4, 0.5) is 4.79 Å². The van der Waals surface area contributed by atoms with Gasteiger partial charge in [0.25, 0.3) is 0 Å². The second kappa shape index (κ2) is 5.48. The molecule has 2 unspecified atom stereocenters. The number of piperidine rings is 1. The largest absolute Gasteiger partial charge is 0.481 e. The molecule has 0 bridgehead atoms. The Balaban J connectivity index is 1.99. The number of amides is 1. The summed E-state index contributed by atoms with van der Waals surface area (Å²) in [6, 6.07) is 0. The van der Waals surface area contributed by atoms with Gasteiger partial charge in [0.2, 0.25) is 0 Å². The average Bonchev–Trinajstić information content (AvgIpc) is 2.65. The van der Waals surface area contributed by atoms with E-state index in [2.05, 4.69) is 0 Å². The molecule has 6 nitrogen and oxygen atoms in total. The SMILES string of the molecule is CC(C)(C)OC(=O)N1CCC2(CC1)CC(O)CC2C(=O)O. The Labute approximate surface area is 125 Å². The van der Waals surface area contributed by atoms with Crippen molar-refractivity contribution in [2.45, 2.75) is 58.2 Å². The van der Waals surface area contributed by atoms with Gasteiger partial charge in [0.1, 0.15) is 5.60 Å². The van der Waals surface area contributed by atoms with Crippen molar-refractivity contribution in [3.63, 3.8) is 0 Å². The second-order valence-corrected chi connectivity index (χ2v) is 7.31. The van der Waals surface area contributed by atoms with Crippen LogP contribution in [0.3, 0.4) is 0 Å². The summed E-state index contributed by atoms with van der Waals surface area (Å²) in [5, 5.41) is 19.2. The standard InChI is InChI=1S/C15H25NO5/c1-14(2,3)21-13(20)16-6-4-15(5-7-16)9-10(17)8-11(15)12(18)19/h10-11,17H,4-9H2,1-3H3,(H,18,19). The first-order chi connectivity index (χ1) is 9.63. The summed E-state index contributed by atoms with van der Waals surface area (Å²) in [4.78, 5) is 25.1. The number of carboxylic acids is 1. The van der Waals surface area contributed by atoms with E-state index in [-0.39, 0.29) is 11.5 Å². The molecule has 1 saturated carbocycles. The number of nitrogens with zero attached hydrogens (tertiary/aromatic N) is 1. The normalized spacial score (nSPS) is 28.7. The lowest BCUT2D eigenvalue weighted by molar-refractivity contribution is -0.146. The molecule has 1 aliphatic carbocycles. The Morgan fingerprint density at radius 3 is 2.29 bits per heavy atom. The molecule has 0 aromatic rings. The van der Waals surface area contributed by atoms with Gasteiger partial charge >= 0.3 is 12.1 Å². The maximum absolute atomic E-state index is 12.0. The number of hydrogen-bond acceptors (Lipinski definition) is 4. The maximum Gasteiger partial charge on any atom is 0.410 e. The molecule has 21 heavy (non-hydrogen) atoms. The lowest BCUT2D eigenvalue weighted by Crippen LogP contribution is -2.47. The summed E-state index contributed by atoms with van der Waals surface area (Å²) in [7, 11) is 0. The Bertz CT molecular complexity index is 420. The Morgan fingerprint density at radius 1 is 1.24 bits per heavy atom. The number of likely N-dealkylation sites (tertiary alicyclic amines) is 1. The number of carbonyl (C=O) groups is 2. The lowest BCUT2D eigenvalue weighted by atomic mass is 9.70. The Morgan fingerprint density at radius 2 is 1.81 bits per heavy atom. The first-order valence-corrected chi connectivity index (χ1v) is 7.52. The molecule has 2 N–H and O–H groups in total. The molecular formula is C15H25NO5. The van der Waals surface area contributed by atoms with E-state index in [1.807, 2.05) is 20.8 Å². The zero-order valence-corrected chi connectivity index (χ0v) is 13.0. The summed E-state index contributed by atoms with van der Waals surface area (Å²) in [6.07, 6.45) is 1.18. The van der Waals surface area contributed by atoms with Gasteiger partial charge in [-0.15, -0.1) is 0 Å². The van der Waals surface area contributed by atoms with Gasteiger partial charge in [-0.1, -0.05) is 0 Å². The predicted octanol–water partition coefficient (Wildman–Crippen LogP) is 1.86. The molecule has 2 atom stereocenters. The first-order valence-electron chi connectivity index (χ1n) is 7.52. The van der Waals surface area contributed by atoms with Gasteiger partial charge in [0.15, 0.2) is 0 Å². The highest BCUT2D eigenvalue weighted by Crippen LogP contribution is 2.50. The number of carbonyl (C=O) groups excluding carboxylic acids is 1. The van der Waals surface area contributed by atoms with Gasteiger partial charge in [-0.05, 0) is 51.9 Å². The molecule has 120 valence electrons. The fraction of sp³-hybridized carbons (Fsp3) is 0.867. The zero-order valence-electron chi connectivity index (χ0n) is 13.0. The van der Waals surface area contributed by atoms with Crippen molar-refractivity contribution in [2.75, 3.05) is 13.1 Å². The topological polar surface area (TPSA) is 87.1 Å². The van der Waals surface area contributed by atoms with Gasteiger partial charge in [0.05, 0.1) is 12.0 Å². The quantitative estimate of drug-likeness (QED) is 0.771. The van der Waals surface area contributed by atoms with Crippen molar-refractivity contribution in [3.8, 4) is 0 Å². The highest BCUT2D eigenvalue weighted by Gasteiger charge is 2.52. The van der Waals surface area contributed by atoms with Crippen LogP contribution in [-0.4, -0.2) is 52.0 Å². The van der Waals surface area contributed by atoms with Crippen molar-refractivity contribution in [2.24, 2.45) is 11.3 Å². The third-order valence-corrected chi connectivity index (χ3v) is 4.60. The molecule has 0 radical (unpaired) electrons. The van der Waals surface area contributed by atoms with Crippen LogP contribution in [-0.2, 0) is 9.53 Å². The van der Waals surface area contributed by atoms with Crippen molar-refractivity contribution in [1.82, 2.24) is 4.90 Å². The molecule has 6 heteroatoms. The molecule has 0 aromatic carbocycles. The summed E-state index contributed by atoms with van der Waals surface area (Å²) in [6.45, 7) is 6.45. The van der Waals surface area contributed by atoms with E-state index in [0.717, 1.165) is 0 Å². The zero-order chi connectivity index (χ0) is 15.8. The summed E-state index contributed by atoms with van der Waals surface area (Å²) >= 11 is 0. The minimum Gasteiger partial charge on any atom is -0.481 e. The minimum atomic E-state index is -0.836. The number of hydrogen-bond donors (Lipinski definition) is 2. The van der Waals surface area contributed by atoms with E-state index in [1.165, 1.54) is 0 Å². The van der Waals surface area contributed by atoms with Crippen molar-refractivity contribution >= 4 is 12.1 Å². The van der Waals surface area contributed by atoms with E-state index in [9.17, 15) is 19.8 Å². The van der Waals surface area contributed by atoms with Crippen LogP contribution in [0.15, 0.2) is 0 Å². The van der Waals surface area contributed by atoms with Crippen molar-refractivity contribution < 1.29 is 24.5 Å². The molecule has 0 aromatic heterocycles. The Hall–Kier alpha value is -1.30. The van der Waals surface area contributed by atoms with Gasteiger partial charge < -0.3 is 19.8 Å². The fourth-order valence-corrected chi connectivity index (χ4v) is 3.59. The number of ether oxygens (including phenoxy) is 1. The van der Waals surface area contributed by atoms with Crippen LogP contribution >= 0.6 is 0 Å². The maximum atomic E-state index is 12.0. The number of rotatable bonds is 1. The van der Waals surface area contributed by atoms with Gasteiger partial charge in [-0.25, -0.2) is 4.79 Å². The molecule has 2 rings (SSSR count). The lowest BCUT2D eigenvalue weighted by Gasteiger charge is -2.41. The highest BCUT2D eigenvalue weighted by atomic mass is 16.6. The molecule has 2 fully saturated rings. The van der Waals surface area contributed by atoms with Crippen molar-refractivity contribution in [3.05, 3.63) is 0 Å². The highest BCUT2D eigenvalue weighted by molar-refractivity contribution is 5.72.